The Morgan fingerprint density at radius 3 is 2.45 bits per heavy atom. The van der Waals surface area contributed by atoms with Crippen LogP contribution in [0.4, 0.5) is 5.69 Å². The summed E-state index contributed by atoms with van der Waals surface area (Å²) >= 11 is 0. The van der Waals surface area contributed by atoms with Crippen molar-refractivity contribution in [1.29, 1.82) is 0 Å². The monoisotopic (exact) mass is 297 g/mol. The van der Waals surface area contributed by atoms with Crippen molar-refractivity contribution in [2.45, 2.75) is 12.8 Å². The molecule has 3 rings (SSSR count). The number of nitrogens with one attached hydrogen (secondary N) is 1. The molecule has 0 radical (unpaired) electrons. The maximum Gasteiger partial charge on any atom is 0.336 e. The smallest absolute Gasteiger partial charge is 0.336 e. The van der Waals surface area contributed by atoms with E-state index in [1.165, 1.54) is 18.2 Å². The highest BCUT2D eigenvalue weighted by molar-refractivity contribution is 6.15. The van der Waals surface area contributed by atoms with Crippen LogP contribution in [0.25, 0.3) is 0 Å². The first kappa shape index (κ1) is 14.1. The molecule has 0 aliphatic carbocycles. The summed E-state index contributed by atoms with van der Waals surface area (Å²) in [5.41, 5.74) is 1.68. The topological polar surface area (TPSA) is 86.6 Å². The van der Waals surface area contributed by atoms with Gasteiger partial charge in [0.05, 0.1) is 11.1 Å². The Kier molecular flexibility index (Phi) is 3.55. The Bertz CT molecular complexity index is 767. The molecular formula is C17H15NO4. The first-order valence-corrected chi connectivity index (χ1v) is 7.05. The molecule has 0 saturated heterocycles. The van der Waals surface area contributed by atoms with Gasteiger partial charge in [0.25, 0.3) is 0 Å². The number of hydrogen-bond acceptors (Lipinski definition) is 4. The molecule has 0 saturated carbocycles. The first-order valence-electron chi connectivity index (χ1n) is 7.05. The zero-order valence-electron chi connectivity index (χ0n) is 11.8. The molecule has 0 amide bonds. The lowest BCUT2D eigenvalue weighted by molar-refractivity contribution is 0.0692. The number of ketones is 1. The number of fused-ring (bicyclic) bond motifs is 1. The van der Waals surface area contributed by atoms with Gasteiger partial charge in [0.1, 0.15) is 5.75 Å². The van der Waals surface area contributed by atoms with Gasteiger partial charge in [-0.05, 0) is 31.0 Å². The standard InChI is InChI=1S/C17H15NO4/c19-15(10-4-1-2-5-11(10)17(21)22)13-7-8-14-12(16(13)20)6-3-9-18-14/h1-2,4-5,7-8,18,20H,3,6,9H2,(H,21,22). The summed E-state index contributed by atoms with van der Waals surface area (Å²) in [4.78, 5) is 23.9. The second-order valence-electron chi connectivity index (χ2n) is 5.20. The highest BCUT2D eigenvalue weighted by Crippen LogP contribution is 2.34. The average Bonchev–Trinajstić information content (AvgIpc) is 2.55. The van der Waals surface area contributed by atoms with E-state index in [1.807, 2.05) is 0 Å². The van der Waals surface area contributed by atoms with Gasteiger partial charge in [-0.15, -0.1) is 0 Å². The molecule has 2 aromatic carbocycles. The molecule has 5 heteroatoms. The van der Waals surface area contributed by atoms with Crippen molar-refractivity contribution in [1.82, 2.24) is 0 Å². The van der Waals surface area contributed by atoms with Gasteiger partial charge in [0.2, 0.25) is 0 Å². The number of aromatic hydroxyl groups is 1. The molecule has 0 atom stereocenters. The Labute approximate surface area is 127 Å². The van der Waals surface area contributed by atoms with Crippen molar-refractivity contribution in [2.75, 3.05) is 11.9 Å². The van der Waals surface area contributed by atoms with Crippen LogP contribution in [0.2, 0.25) is 0 Å². The van der Waals surface area contributed by atoms with E-state index in [-0.39, 0.29) is 22.4 Å². The van der Waals surface area contributed by atoms with Crippen molar-refractivity contribution >= 4 is 17.4 Å². The van der Waals surface area contributed by atoms with Crippen molar-refractivity contribution in [2.24, 2.45) is 0 Å². The molecular weight excluding hydrogens is 282 g/mol. The van der Waals surface area contributed by atoms with Gasteiger partial charge in [-0.25, -0.2) is 4.79 Å². The zero-order valence-corrected chi connectivity index (χ0v) is 11.8. The second kappa shape index (κ2) is 5.52. The molecule has 0 bridgehead atoms. The summed E-state index contributed by atoms with van der Waals surface area (Å²) in [5.74, 6) is -1.71. The van der Waals surface area contributed by atoms with Crippen LogP contribution in [0.5, 0.6) is 5.75 Å². The number of phenolic OH excluding ortho intramolecular Hbond substituents is 1. The van der Waals surface area contributed by atoms with Crippen LogP contribution in [-0.2, 0) is 6.42 Å². The van der Waals surface area contributed by atoms with Crippen LogP contribution in [-0.4, -0.2) is 28.5 Å². The second-order valence-corrected chi connectivity index (χ2v) is 5.20. The van der Waals surface area contributed by atoms with E-state index in [0.29, 0.717) is 12.0 Å². The van der Waals surface area contributed by atoms with E-state index in [4.69, 9.17) is 0 Å². The number of carboxylic acid groups (broad SMARTS) is 1. The molecule has 0 unspecified atom stereocenters. The number of anilines is 1. The first-order chi connectivity index (χ1) is 10.6. The van der Waals surface area contributed by atoms with Gasteiger partial charge >= 0.3 is 5.97 Å². The Balaban J connectivity index is 2.09. The third-order valence-corrected chi connectivity index (χ3v) is 3.85. The fourth-order valence-corrected chi connectivity index (χ4v) is 2.74. The third-order valence-electron chi connectivity index (χ3n) is 3.85. The van der Waals surface area contributed by atoms with Crippen LogP contribution < -0.4 is 5.32 Å². The zero-order chi connectivity index (χ0) is 15.7. The summed E-state index contributed by atoms with van der Waals surface area (Å²) in [6, 6.07) is 9.31. The van der Waals surface area contributed by atoms with Gasteiger partial charge < -0.3 is 15.5 Å². The molecule has 3 N–H and O–H groups in total. The molecule has 112 valence electrons. The molecule has 22 heavy (non-hydrogen) atoms. The molecule has 5 nitrogen and oxygen atoms in total. The lowest BCUT2D eigenvalue weighted by Gasteiger charge is -2.20. The quantitative estimate of drug-likeness (QED) is 0.758. The summed E-state index contributed by atoms with van der Waals surface area (Å²) < 4.78 is 0. The minimum atomic E-state index is -1.16. The minimum absolute atomic E-state index is 0.0603. The Morgan fingerprint density at radius 1 is 1.00 bits per heavy atom. The number of carbonyl (C=O) groups excluding carboxylic acids is 1. The van der Waals surface area contributed by atoms with Crippen LogP contribution in [0.1, 0.15) is 38.3 Å². The Morgan fingerprint density at radius 2 is 1.73 bits per heavy atom. The summed E-state index contributed by atoms with van der Waals surface area (Å²) in [7, 11) is 0. The molecule has 0 fully saturated rings. The van der Waals surface area contributed by atoms with E-state index in [9.17, 15) is 19.8 Å². The van der Waals surface area contributed by atoms with Crippen LogP contribution in [0, 0.1) is 0 Å². The largest absolute Gasteiger partial charge is 0.507 e. The lowest BCUT2D eigenvalue weighted by atomic mass is 9.93. The van der Waals surface area contributed by atoms with Crippen molar-refractivity contribution < 1.29 is 19.8 Å². The molecule has 1 heterocycles. The third kappa shape index (κ3) is 2.30. The van der Waals surface area contributed by atoms with Crippen molar-refractivity contribution in [3.63, 3.8) is 0 Å². The molecule has 1 aliphatic rings. The van der Waals surface area contributed by atoms with Crippen LogP contribution in [0.3, 0.4) is 0 Å². The average molecular weight is 297 g/mol. The number of rotatable bonds is 3. The number of benzene rings is 2. The summed E-state index contributed by atoms with van der Waals surface area (Å²) in [5, 5.41) is 22.8. The highest BCUT2D eigenvalue weighted by atomic mass is 16.4. The Hall–Kier alpha value is -2.82. The SMILES string of the molecule is O=C(O)c1ccccc1C(=O)c1ccc2c(c1O)CCCN2. The van der Waals surface area contributed by atoms with Gasteiger partial charge in [-0.1, -0.05) is 18.2 Å². The van der Waals surface area contributed by atoms with Crippen molar-refractivity contribution in [3.05, 3.63) is 58.7 Å². The van der Waals surface area contributed by atoms with Crippen molar-refractivity contribution in [3.8, 4) is 5.75 Å². The van der Waals surface area contributed by atoms with E-state index >= 15 is 0 Å². The van der Waals surface area contributed by atoms with Gasteiger partial charge in [-0.2, -0.15) is 0 Å². The maximum absolute atomic E-state index is 12.6. The van der Waals surface area contributed by atoms with E-state index in [2.05, 4.69) is 5.32 Å². The van der Waals surface area contributed by atoms with Gasteiger partial charge in [0.15, 0.2) is 5.78 Å². The summed E-state index contributed by atoms with van der Waals surface area (Å²) in [6.07, 6.45) is 1.57. The fraction of sp³-hybridized carbons (Fsp3) is 0.176. The molecule has 2 aromatic rings. The predicted molar refractivity (Wildman–Crippen MR) is 81.8 cm³/mol. The molecule has 1 aliphatic heterocycles. The normalized spacial score (nSPS) is 13.1. The summed E-state index contributed by atoms with van der Waals surface area (Å²) in [6.45, 7) is 0.835. The van der Waals surface area contributed by atoms with E-state index in [1.54, 1.807) is 18.2 Å². The minimum Gasteiger partial charge on any atom is -0.507 e. The van der Waals surface area contributed by atoms with E-state index < -0.39 is 11.8 Å². The predicted octanol–water partition coefficient (Wildman–Crippen LogP) is 2.68. The van der Waals surface area contributed by atoms with Crippen LogP contribution >= 0.6 is 0 Å². The number of hydrogen-bond donors (Lipinski definition) is 3. The lowest BCUT2D eigenvalue weighted by Crippen LogP contribution is -2.14. The number of phenols is 1. The van der Waals surface area contributed by atoms with E-state index in [0.717, 1.165) is 18.7 Å². The number of carbonyl (C=O) groups is 2. The highest BCUT2D eigenvalue weighted by Gasteiger charge is 2.23. The van der Waals surface area contributed by atoms with Gasteiger partial charge in [-0.3, -0.25) is 4.79 Å². The fourth-order valence-electron chi connectivity index (χ4n) is 2.74. The molecule has 0 aromatic heterocycles. The number of carboxylic acids is 1. The molecule has 0 spiro atoms. The number of aromatic carboxylic acids is 1. The van der Waals surface area contributed by atoms with Crippen LogP contribution in [0.15, 0.2) is 36.4 Å². The van der Waals surface area contributed by atoms with Gasteiger partial charge in [0, 0.05) is 23.4 Å². The maximum atomic E-state index is 12.6.